The number of allylic oxidation sites excluding steroid dienone is 4. The van der Waals surface area contributed by atoms with Gasteiger partial charge >= 0.3 is 0 Å². The fourth-order valence-electron chi connectivity index (χ4n) is 3.60. The van der Waals surface area contributed by atoms with Crippen LogP contribution in [0.4, 0.5) is 0 Å². The Kier molecular flexibility index (Phi) is 3.11. The Morgan fingerprint density at radius 2 is 1.67 bits per heavy atom. The van der Waals surface area contributed by atoms with Crippen LogP contribution in [0.15, 0.2) is 53.6 Å². The lowest BCUT2D eigenvalue weighted by atomic mass is 9.65. The predicted molar refractivity (Wildman–Crippen MR) is 77.5 cm³/mol. The molecule has 0 aliphatic heterocycles. The fraction of sp³-hybridized carbons (Fsp3) is 0.444. The van der Waals surface area contributed by atoms with Gasteiger partial charge in [-0.3, -0.25) is 0 Å². The molecule has 0 N–H and O–H groups in total. The van der Waals surface area contributed by atoms with E-state index >= 15 is 0 Å². The maximum atomic E-state index is 2.48. The van der Waals surface area contributed by atoms with Crippen LogP contribution in [0.25, 0.3) is 0 Å². The van der Waals surface area contributed by atoms with E-state index in [2.05, 4.69) is 56.3 Å². The smallest absolute Gasteiger partial charge is 0.00901 e. The minimum absolute atomic E-state index is 0.697. The molecule has 1 aromatic carbocycles. The maximum absolute atomic E-state index is 2.48. The van der Waals surface area contributed by atoms with Gasteiger partial charge in [-0.15, -0.1) is 0 Å². The Balaban J connectivity index is 1.94. The molecule has 0 heteroatoms. The standard InChI is InChI=1S/C18H22/c1-13-14(2)18(15-8-4-3-5-9-15)12-16-10-6-7-11-17(13)16/h3-5,8-11,13-14,18H,6-7,12H2,1-2H3. The highest BCUT2D eigenvalue weighted by Crippen LogP contribution is 2.47. The molecule has 0 spiro atoms. The quantitative estimate of drug-likeness (QED) is 0.639. The lowest BCUT2D eigenvalue weighted by Crippen LogP contribution is -2.27. The molecule has 3 unspecified atom stereocenters. The van der Waals surface area contributed by atoms with E-state index in [1.165, 1.54) is 24.8 Å². The van der Waals surface area contributed by atoms with Gasteiger partial charge in [-0.2, -0.15) is 0 Å². The van der Waals surface area contributed by atoms with Crippen LogP contribution in [0.5, 0.6) is 0 Å². The van der Waals surface area contributed by atoms with Gasteiger partial charge in [-0.05, 0) is 53.7 Å². The van der Waals surface area contributed by atoms with Gasteiger partial charge in [0.05, 0.1) is 0 Å². The minimum atomic E-state index is 0.697. The highest BCUT2D eigenvalue weighted by molar-refractivity contribution is 5.41. The topological polar surface area (TPSA) is 0 Å². The molecule has 3 rings (SSSR count). The average molecular weight is 238 g/mol. The molecule has 2 aliphatic rings. The van der Waals surface area contributed by atoms with Gasteiger partial charge in [0, 0.05) is 0 Å². The van der Waals surface area contributed by atoms with Gasteiger partial charge in [-0.25, -0.2) is 0 Å². The number of hydrogen-bond donors (Lipinski definition) is 0. The van der Waals surface area contributed by atoms with Crippen LogP contribution in [-0.4, -0.2) is 0 Å². The van der Waals surface area contributed by atoms with Crippen LogP contribution in [0.2, 0.25) is 0 Å². The highest BCUT2D eigenvalue weighted by Gasteiger charge is 2.34. The van der Waals surface area contributed by atoms with Gasteiger partial charge in [0.25, 0.3) is 0 Å². The molecule has 18 heavy (non-hydrogen) atoms. The van der Waals surface area contributed by atoms with E-state index in [9.17, 15) is 0 Å². The summed E-state index contributed by atoms with van der Waals surface area (Å²) in [5.41, 5.74) is 4.78. The van der Waals surface area contributed by atoms with Crippen molar-refractivity contribution in [3.63, 3.8) is 0 Å². The summed E-state index contributed by atoms with van der Waals surface area (Å²) >= 11 is 0. The summed E-state index contributed by atoms with van der Waals surface area (Å²) in [4.78, 5) is 0. The number of fused-ring (bicyclic) bond motifs is 1. The molecule has 94 valence electrons. The molecule has 1 fully saturated rings. The molecule has 0 saturated heterocycles. The summed E-state index contributed by atoms with van der Waals surface area (Å²) in [5, 5.41) is 0. The first-order valence-corrected chi connectivity index (χ1v) is 7.22. The van der Waals surface area contributed by atoms with E-state index in [0.717, 1.165) is 5.92 Å². The first kappa shape index (κ1) is 11.8. The van der Waals surface area contributed by atoms with Crippen molar-refractivity contribution in [3.8, 4) is 0 Å². The number of hydrogen-bond acceptors (Lipinski definition) is 0. The summed E-state index contributed by atoms with van der Waals surface area (Å²) < 4.78 is 0. The van der Waals surface area contributed by atoms with Crippen LogP contribution < -0.4 is 0 Å². The third kappa shape index (κ3) is 1.94. The molecule has 0 heterocycles. The molecule has 0 nitrogen and oxygen atoms in total. The van der Waals surface area contributed by atoms with Crippen molar-refractivity contribution in [1.29, 1.82) is 0 Å². The Labute approximate surface area is 110 Å². The van der Waals surface area contributed by atoms with Gasteiger partial charge < -0.3 is 0 Å². The highest BCUT2D eigenvalue weighted by atomic mass is 14.4. The van der Waals surface area contributed by atoms with Gasteiger partial charge in [0.2, 0.25) is 0 Å². The van der Waals surface area contributed by atoms with E-state index < -0.39 is 0 Å². The zero-order chi connectivity index (χ0) is 12.5. The van der Waals surface area contributed by atoms with E-state index in [1.54, 1.807) is 11.1 Å². The summed E-state index contributed by atoms with van der Waals surface area (Å²) in [7, 11) is 0. The minimum Gasteiger partial charge on any atom is -0.0807 e. The second-order valence-corrected chi connectivity index (χ2v) is 5.84. The van der Waals surface area contributed by atoms with E-state index in [0.29, 0.717) is 11.8 Å². The van der Waals surface area contributed by atoms with Crippen molar-refractivity contribution in [3.05, 3.63) is 59.2 Å². The van der Waals surface area contributed by atoms with E-state index in [-0.39, 0.29) is 0 Å². The zero-order valence-electron chi connectivity index (χ0n) is 11.4. The number of benzene rings is 1. The van der Waals surface area contributed by atoms with Crippen molar-refractivity contribution in [2.24, 2.45) is 11.8 Å². The molecule has 0 amide bonds. The van der Waals surface area contributed by atoms with Crippen LogP contribution in [-0.2, 0) is 0 Å². The predicted octanol–water partition coefficient (Wildman–Crippen LogP) is 5.09. The van der Waals surface area contributed by atoms with Crippen LogP contribution in [0.3, 0.4) is 0 Å². The first-order valence-electron chi connectivity index (χ1n) is 7.22. The molecule has 0 radical (unpaired) electrons. The SMILES string of the molecule is CC1C2=CCCC=C2CC(c2ccccc2)C1C. The molecular formula is C18H22. The molecule has 0 bridgehead atoms. The largest absolute Gasteiger partial charge is 0.0807 e. The Morgan fingerprint density at radius 3 is 2.44 bits per heavy atom. The lowest BCUT2D eigenvalue weighted by molar-refractivity contribution is 0.331. The summed E-state index contributed by atoms with van der Waals surface area (Å²) in [6.45, 7) is 4.83. The summed E-state index contributed by atoms with van der Waals surface area (Å²) in [5.74, 6) is 2.15. The van der Waals surface area contributed by atoms with Crippen molar-refractivity contribution in [2.45, 2.75) is 39.0 Å². The second-order valence-electron chi connectivity index (χ2n) is 5.84. The molecule has 0 aromatic heterocycles. The zero-order valence-corrected chi connectivity index (χ0v) is 11.4. The molecule has 2 aliphatic carbocycles. The van der Waals surface area contributed by atoms with Crippen molar-refractivity contribution < 1.29 is 0 Å². The molecular weight excluding hydrogens is 216 g/mol. The first-order chi connectivity index (χ1) is 8.77. The van der Waals surface area contributed by atoms with Crippen molar-refractivity contribution in [1.82, 2.24) is 0 Å². The normalized spacial score (nSPS) is 31.3. The van der Waals surface area contributed by atoms with Gasteiger partial charge in [0.15, 0.2) is 0 Å². The third-order valence-corrected chi connectivity index (χ3v) is 4.87. The molecule has 3 atom stereocenters. The Hall–Kier alpha value is -1.30. The van der Waals surface area contributed by atoms with Crippen molar-refractivity contribution >= 4 is 0 Å². The molecule has 1 aromatic rings. The molecule has 1 saturated carbocycles. The van der Waals surface area contributed by atoms with Gasteiger partial charge in [0.1, 0.15) is 0 Å². The summed E-state index contributed by atoms with van der Waals surface area (Å²) in [6.07, 6.45) is 8.68. The van der Waals surface area contributed by atoms with E-state index in [1.807, 2.05) is 0 Å². The van der Waals surface area contributed by atoms with Crippen LogP contribution in [0, 0.1) is 11.8 Å². The third-order valence-electron chi connectivity index (χ3n) is 4.87. The maximum Gasteiger partial charge on any atom is -0.00901 e. The Bertz CT molecular complexity index is 478. The number of rotatable bonds is 1. The van der Waals surface area contributed by atoms with Gasteiger partial charge in [-0.1, -0.05) is 56.3 Å². The second kappa shape index (κ2) is 4.76. The Morgan fingerprint density at radius 1 is 0.944 bits per heavy atom. The van der Waals surface area contributed by atoms with Crippen LogP contribution in [0.1, 0.15) is 44.6 Å². The lowest BCUT2D eigenvalue weighted by Gasteiger charge is -2.39. The summed E-state index contributed by atoms with van der Waals surface area (Å²) in [6, 6.07) is 11.1. The van der Waals surface area contributed by atoms with E-state index in [4.69, 9.17) is 0 Å². The average Bonchev–Trinajstić information content (AvgIpc) is 2.44. The fourth-order valence-corrected chi connectivity index (χ4v) is 3.60. The van der Waals surface area contributed by atoms with Crippen LogP contribution >= 0.6 is 0 Å². The van der Waals surface area contributed by atoms with Crippen molar-refractivity contribution in [2.75, 3.05) is 0 Å². The monoisotopic (exact) mass is 238 g/mol.